The van der Waals surface area contributed by atoms with Crippen molar-refractivity contribution in [3.8, 4) is 0 Å². The lowest BCUT2D eigenvalue weighted by Gasteiger charge is -2.35. The average Bonchev–Trinajstić information content (AvgIpc) is 3.08. The van der Waals surface area contributed by atoms with E-state index in [1.807, 2.05) is 29.3 Å². The third-order valence-corrected chi connectivity index (χ3v) is 4.97. The zero-order valence-electron chi connectivity index (χ0n) is 15.8. The highest BCUT2D eigenvalue weighted by Gasteiger charge is 2.23. The van der Waals surface area contributed by atoms with Gasteiger partial charge in [0.1, 0.15) is 5.52 Å². The molecule has 1 fully saturated rings. The SMILES string of the molecule is CC(C)(C)c1cc2c(N3CCN(Cc4ccncc4)CC3)nccn2n1. The van der Waals surface area contributed by atoms with Gasteiger partial charge in [0.15, 0.2) is 5.82 Å². The Bertz CT molecular complexity index is 872. The molecule has 6 heteroatoms. The Morgan fingerprint density at radius 1 is 1.00 bits per heavy atom. The molecule has 0 aliphatic carbocycles. The smallest absolute Gasteiger partial charge is 0.154 e. The van der Waals surface area contributed by atoms with Gasteiger partial charge in [-0.2, -0.15) is 5.10 Å². The zero-order chi connectivity index (χ0) is 18.1. The van der Waals surface area contributed by atoms with Crippen LogP contribution < -0.4 is 4.90 Å². The molecule has 0 saturated carbocycles. The van der Waals surface area contributed by atoms with Crippen LogP contribution in [0, 0.1) is 0 Å². The van der Waals surface area contributed by atoms with Crippen molar-refractivity contribution in [3.05, 3.63) is 54.2 Å². The van der Waals surface area contributed by atoms with Crippen LogP contribution in [0.25, 0.3) is 5.52 Å². The van der Waals surface area contributed by atoms with Gasteiger partial charge >= 0.3 is 0 Å². The molecule has 0 unspecified atom stereocenters. The second-order valence-electron chi connectivity index (χ2n) is 7.98. The second-order valence-corrected chi connectivity index (χ2v) is 7.98. The first-order valence-electron chi connectivity index (χ1n) is 9.22. The average molecular weight is 350 g/mol. The highest BCUT2D eigenvalue weighted by atomic mass is 15.3. The van der Waals surface area contributed by atoms with Crippen molar-refractivity contribution < 1.29 is 0 Å². The van der Waals surface area contributed by atoms with Gasteiger partial charge in [-0.15, -0.1) is 0 Å². The van der Waals surface area contributed by atoms with Gasteiger partial charge in [0.2, 0.25) is 0 Å². The van der Waals surface area contributed by atoms with E-state index >= 15 is 0 Å². The molecule has 0 amide bonds. The molecule has 1 saturated heterocycles. The molecule has 0 aromatic carbocycles. The van der Waals surface area contributed by atoms with Gasteiger partial charge in [-0.3, -0.25) is 9.88 Å². The molecule has 136 valence electrons. The lowest BCUT2D eigenvalue weighted by atomic mass is 9.92. The number of pyridine rings is 1. The highest BCUT2D eigenvalue weighted by molar-refractivity contribution is 5.69. The Morgan fingerprint density at radius 2 is 1.73 bits per heavy atom. The van der Waals surface area contributed by atoms with Crippen LogP contribution >= 0.6 is 0 Å². The maximum atomic E-state index is 4.74. The van der Waals surface area contributed by atoms with Gasteiger partial charge in [-0.25, -0.2) is 9.50 Å². The van der Waals surface area contributed by atoms with Crippen molar-refractivity contribution in [2.75, 3.05) is 31.1 Å². The molecule has 26 heavy (non-hydrogen) atoms. The van der Waals surface area contributed by atoms with E-state index in [2.05, 4.69) is 58.7 Å². The van der Waals surface area contributed by atoms with E-state index in [4.69, 9.17) is 5.10 Å². The van der Waals surface area contributed by atoms with Crippen LogP contribution in [0.2, 0.25) is 0 Å². The monoisotopic (exact) mass is 350 g/mol. The Kier molecular flexibility index (Phi) is 4.36. The lowest BCUT2D eigenvalue weighted by molar-refractivity contribution is 0.249. The van der Waals surface area contributed by atoms with Crippen molar-refractivity contribution in [1.29, 1.82) is 0 Å². The third-order valence-electron chi connectivity index (χ3n) is 4.97. The molecule has 0 atom stereocenters. The van der Waals surface area contributed by atoms with Crippen molar-refractivity contribution in [2.45, 2.75) is 32.7 Å². The second kappa shape index (κ2) is 6.68. The van der Waals surface area contributed by atoms with E-state index in [0.29, 0.717) is 0 Å². The van der Waals surface area contributed by atoms with Gasteiger partial charge in [0.25, 0.3) is 0 Å². The number of anilines is 1. The minimum Gasteiger partial charge on any atom is -0.352 e. The molecule has 4 rings (SSSR count). The summed E-state index contributed by atoms with van der Waals surface area (Å²) in [5.74, 6) is 1.04. The molecule has 4 heterocycles. The number of rotatable bonds is 3. The molecule has 0 spiro atoms. The summed E-state index contributed by atoms with van der Waals surface area (Å²) in [6, 6.07) is 6.37. The number of aromatic nitrogens is 4. The summed E-state index contributed by atoms with van der Waals surface area (Å²) in [6.45, 7) is 11.6. The van der Waals surface area contributed by atoms with Gasteiger partial charge in [-0.05, 0) is 23.8 Å². The largest absolute Gasteiger partial charge is 0.352 e. The van der Waals surface area contributed by atoms with Gasteiger partial charge < -0.3 is 4.90 Å². The maximum Gasteiger partial charge on any atom is 0.154 e. The van der Waals surface area contributed by atoms with E-state index in [0.717, 1.165) is 49.8 Å². The first kappa shape index (κ1) is 17.0. The summed E-state index contributed by atoms with van der Waals surface area (Å²) in [7, 11) is 0. The minimum absolute atomic E-state index is 0.0343. The molecule has 6 nitrogen and oxygen atoms in total. The fraction of sp³-hybridized carbons (Fsp3) is 0.450. The van der Waals surface area contributed by atoms with E-state index in [9.17, 15) is 0 Å². The van der Waals surface area contributed by atoms with Crippen LogP contribution in [-0.4, -0.2) is 50.7 Å². The van der Waals surface area contributed by atoms with E-state index in [-0.39, 0.29) is 5.41 Å². The fourth-order valence-corrected chi connectivity index (χ4v) is 3.38. The predicted molar refractivity (Wildman–Crippen MR) is 103 cm³/mol. The Balaban J connectivity index is 1.50. The summed E-state index contributed by atoms with van der Waals surface area (Å²) in [6.07, 6.45) is 7.52. The van der Waals surface area contributed by atoms with Crippen LogP contribution in [0.5, 0.6) is 0 Å². The Labute approximate surface area is 154 Å². The highest BCUT2D eigenvalue weighted by Crippen LogP contribution is 2.26. The van der Waals surface area contributed by atoms with Gasteiger partial charge in [0, 0.05) is 62.9 Å². The van der Waals surface area contributed by atoms with Crippen molar-refractivity contribution in [3.63, 3.8) is 0 Å². The van der Waals surface area contributed by atoms with Crippen LogP contribution in [0.4, 0.5) is 5.82 Å². The van der Waals surface area contributed by atoms with E-state index < -0.39 is 0 Å². The fourth-order valence-electron chi connectivity index (χ4n) is 3.38. The Morgan fingerprint density at radius 3 is 2.42 bits per heavy atom. The standard InChI is InChI=1S/C20H26N6/c1-20(2,3)18-14-17-19(22-8-9-26(17)23-18)25-12-10-24(11-13-25)15-16-4-6-21-7-5-16/h4-9,14H,10-13,15H2,1-3H3. The molecule has 1 aliphatic heterocycles. The number of nitrogens with zero attached hydrogens (tertiary/aromatic N) is 6. The van der Waals surface area contributed by atoms with E-state index in [1.54, 1.807) is 0 Å². The molecule has 1 aliphatic rings. The van der Waals surface area contributed by atoms with Crippen LogP contribution in [0.15, 0.2) is 43.0 Å². The van der Waals surface area contributed by atoms with Gasteiger partial charge in [0.05, 0.1) is 5.69 Å². The lowest BCUT2D eigenvalue weighted by Crippen LogP contribution is -2.46. The van der Waals surface area contributed by atoms with Crippen LogP contribution in [0.3, 0.4) is 0 Å². The van der Waals surface area contributed by atoms with Gasteiger partial charge in [-0.1, -0.05) is 20.8 Å². The summed E-state index contributed by atoms with van der Waals surface area (Å²) in [5.41, 5.74) is 3.55. The minimum atomic E-state index is 0.0343. The van der Waals surface area contributed by atoms with Crippen molar-refractivity contribution >= 4 is 11.3 Å². The normalized spacial score (nSPS) is 16.3. The molecular formula is C20H26N6. The summed E-state index contributed by atoms with van der Waals surface area (Å²) in [4.78, 5) is 13.6. The third kappa shape index (κ3) is 3.42. The Hall–Kier alpha value is -2.47. The maximum absolute atomic E-state index is 4.74. The summed E-state index contributed by atoms with van der Waals surface area (Å²) in [5, 5.41) is 4.74. The van der Waals surface area contributed by atoms with Crippen LogP contribution in [0.1, 0.15) is 32.0 Å². The summed E-state index contributed by atoms with van der Waals surface area (Å²) < 4.78 is 1.96. The quantitative estimate of drug-likeness (QED) is 0.727. The molecule has 3 aromatic heterocycles. The van der Waals surface area contributed by atoms with Crippen molar-refractivity contribution in [1.82, 2.24) is 24.5 Å². The molecular weight excluding hydrogens is 324 g/mol. The summed E-state index contributed by atoms with van der Waals surface area (Å²) >= 11 is 0. The molecule has 0 bridgehead atoms. The number of piperazine rings is 1. The molecule has 0 N–H and O–H groups in total. The van der Waals surface area contributed by atoms with Crippen LogP contribution in [-0.2, 0) is 12.0 Å². The number of hydrogen-bond acceptors (Lipinski definition) is 5. The first-order chi connectivity index (χ1) is 12.5. The number of fused-ring (bicyclic) bond motifs is 1. The molecule has 0 radical (unpaired) electrons. The molecule has 3 aromatic rings. The zero-order valence-corrected chi connectivity index (χ0v) is 15.8. The van der Waals surface area contributed by atoms with Crippen molar-refractivity contribution in [2.24, 2.45) is 0 Å². The number of hydrogen-bond donors (Lipinski definition) is 0. The van der Waals surface area contributed by atoms with E-state index in [1.165, 1.54) is 5.56 Å². The first-order valence-corrected chi connectivity index (χ1v) is 9.22. The predicted octanol–water partition coefficient (Wildman–Crippen LogP) is 2.74. The topological polar surface area (TPSA) is 49.6 Å².